The monoisotopic (exact) mass is 604 g/mol. The number of phosphoric ester groups is 1. The molecule has 0 aliphatic carbocycles. The van der Waals surface area contributed by atoms with Gasteiger partial charge in [0.15, 0.2) is 5.76 Å². The van der Waals surface area contributed by atoms with Crippen molar-refractivity contribution in [3.63, 3.8) is 0 Å². The van der Waals surface area contributed by atoms with E-state index in [1.807, 2.05) is 91.0 Å². The first-order valence-corrected chi connectivity index (χ1v) is 15.5. The average Bonchev–Trinajstić information content (AvgIpc) is 3.08. The Morgan fingerprint density at radius 2 is 1.07 bits per heavy atom. The van der Waals surface area contributed by atoms with Crippen molar-refractivity contribution in [1.82, 2.24) is 0 Å². The Labute approximate surface area is 254 Å². The van der Waals surface area contributed by atoms with E-state index in [-0.39, 0.29) is 30.1 Å². The average molecular weight is 605 g/mol. The van der Waals surface area contributed by atoms with E-state index in [9.17, 15) is 9.36 Å². The molecule has 0 fully saturated rings. The Bertz CT molecular complexity index is 1880. The minimum atomic E-state index is -4.36. The molecule has 0 aliphatic rings. The van der Waals surface area contributed by atoms with Crippen LogP contribution in [0.3, 0.4) is 0 Å². The predicted octanol–water partition coefficient (Wildman–Crippen LogP) is 8.96. The Kier molecular flexibility index (Phi) is 8.99. The van der Waals surface area contributed by atoms with E-state index < -0.39 is 13.3 Å². The summed E-state index contributed by atoms with van der Waals surface area (Å²) < 4.78 is 43.9. The van der Waals surface area contributed by atoms with Gasteiger partial charge < -0.3 is 13.7 Å². The van der Waals surface area contributed by atoms with Crippen molar-refractivity contribution >= 4 is 18.8 Å². The molecule has 6 rings (SSSR count). The van der Waals surface area contributed by atoms with Gasteiger partial charge >= 0.3 is 7.82 Å². The highest BCUT2D eigenvalue weighted by Crippen LogP contribution is 2.52. The van der Waals surface area contributed by atoms with E-state index in [2.05, 4.69) is 0 Å². The van der Waals surface area contributed by atoms with Gasteiger partial charge in [-0.1, -0.05) is 103 Å². The number of fused-ring (bicyclic) bond motifs is 1. The van der Waals surface area contributed by atoms with Crippen LogP contribution in [0.15, 0.2) is 149 Å². The van der Waals surface area contributed by atoms with Gasteiger partial charge in [-0.25, -0.2) is 4.57 Å². The van der Waals surface area contributed by atoms with Crippen LogP contribution in [-0.2, 0) is 33.4 Å². The summed E-state index contributed by atoms with van der Waals surface area (Å²) in [5.41, 5.74) is 2.93. The summed E-state index contributed by atoms with van der Waals surface area (Å²) >= 11 is 0. The molecule has 0 bridgehead atoms. The van der Waals surface area contributed by atoms with Crippen LogP contribution in [-0.4, -0.2) is 0 Å². The molecule has 0 amide bonds. The van der Waals surface area contributed by atoms with Gasteiger partial charge in [0, 0.05) is 5.56 Å². The van der Waals surface area contributed by atoms with Gasteiger partial charge in [-0.05, 0) is 53.1 Å². The molecule has 220 valence electrons. The number of hydrogen-bond donors (Lipinski definition) is 0. The van der Waals surface area contributed by atoms with E-state index in [0.717, 1.165) is 16.7 Å². The first kappa shape index (κ1) is 29.1. The summed E-state index contributed by atoms with van der Waals surface area (Å²) in [7, 11) is -4.36. The minimum Gasteiger partial charge on any atom is -0.489 e. The van der Waals surface area contributed by atoms with Gasteiger partial charge in [0.05, 0.1) is 18.6 Å². The minimum absolute atomic E-state index is 0.0609. The maximum atomic E-state index is 14.2. The maximum absolute atomic E-state index is 14.2. The molecule has 0 saturated heterocycles. The molecule has 0 saturated carbocycles. The SMILES string of the molecule is O=c1c(OP(=O)(OCc2ccccc2)OCc2ccccc2)c(-c2ccc(OCc3ccccc3)cc2)oc2ccccc12. The largest absolute Gasteiger partial charge is 0.530 e. The van der Waals surface area contributed by atoms with Gasteiger partial charge in [-0.15, -0.1) is 0 Å². The van der Waals surface area contributed by atoms with Crippen LogP contribution in [0.2, 0.25) is 0 Å². The molecule has 44 heavy (non-hydrogen) atoms. The molecule has 1 aromatic heterocycles. The first-order valence-electron chi connectivity index (χ1n) is 14.1. The van der Waals surface area contributed by atoms with E-state index in [1.54, 1.807) is 48.5 Å². The fraction of sp³-hybridized carbons (Fsp3) is 0.0833. The summed E-state index contributed by atoms with van der Waals surface area (Å²) in [6.45, 7) is 0.281. The molecular weight excluding hydrogens is 575 g/mol. The summed E-state index contributed by atoms with van der Waals surface area (Å²) in [5.74, 6) is 0.451. The zero-order chi connectivity index (χ0) is 30.2. The molecule has 8 heteroatoms. The molecule has 0 unspecified atom stereocenters. The van der Waals surface area contributed by atoms with Crippen LogP contribution in [0, 0.1) is 0 Å². The molecule has 1 heterocycles. The molecular formula is C36H29O7P. The van der Waals surface area contributed by atoms with Gasteiger partial charge in [-0.2, -0.15) is 0 Å². The van der Waals surface area contributed by atoms with Crippen molar-refractivity contribution in [3.8, 4) is 22.8 Å². The molecule has 7 nitrogen and oxygen atoms in total. The highest BCUT2D eigenvalue weighted by molar-refractivity contribution is 7.48. The standard InChI is InChI=1S/C36H29O7P/c37-34-32-18-10-11-19-33(32)42-35(30-20-22-31(23-21-30)39-24-27-12-4-1-5-13-27)36(34)43-44(38,40-25-28-14-6-2-7-15-28)41-26-29-16-8-3-9-17-29/h1-23H,24-26H2. The third-order valence-corrected chi connectivity index (χ3v) is 8.09. The van der Waals surface area contributed by atoms with Crippen LogP contribution in [0.25, 0.3) is 22.3 Å². The number of phosphoric acid groups is 1. The molecule has 0 radical (unpaired) electrons. The third kappa shape index (κ3) is 7.16. The lowest BCUT2D eigenvalue weighted by Gasteiger charge is -2.20. The first-order chi connectivity index (χ1) is 21.6. The second kappa shape index (κ2) is 13.6. The summed E-state index contributed by atoms with van der Waals surface area (Å²) in [5, 5.41) is 0.270. The molecule has 5 aromatic carbocycles. The van der Waals surface area contributed by atoms with Crippen molar-refractivity contribution in [2.24, 2.45) is 0 Å². The van der Waals surface area contributed by atoms with Crippen molar-refractivity contribution in [3.05, 3.63) is 166 Å². The van der Waals surface area contributed by atoms with Crippen molar-refractivity contribution in [2.45, 2.75) is 19.8 Å². The smallest absolute Gasteiger partial charge is 0.489 e. The second-order valence-electron chi connectivity index (χ2n) is 9.94. The molecule has 0 spiro atoms. The van der Waals surface area contributed by atoms with E-state index in [1.165, 1.54) is 0 Å². The van der Waals surface area contributed by atoms with Crippen molar-refractivity contribution < 1.29 is 27.3 Å². The third-order valence-electron chi connectivity index (χ3n) is 6.79. The van der Waals surface area contributed by atoms with Gasteiger partial charge in [0.2, 0.25) is 11.2 Å². The van der Waals surface area contributed by atoms with Gasteiger partial charge in [0.25, 0.3) is 0 Å². The zero-order valence-corrected chi connectivity index (χ0v) is 24.6. The lowest BCUT2D eigenvalue weighted by Crippen LogP contribution is -2.12. The lowest BCUT2D eigenvalue weighted by molar-refractivity contribution is 0.142. The normalized spacial score (nSPS) is 11.4. The van der Waals surface area contributed by atoms with Crippen molar-refractivity contribution in [2.75, 3.05) is 0 Å². The maximum Gasteiger partial charge on any atom is 0.530 e. The van der Waals surface area contributed by atoms with Crippen LogP contribution in [0.1, 0.15) is 16.7 Å². The highest BCUT2D eigenvalue weighted by atomic mass is 31.2. The summed E-state index contributed by atoms with van der Waals surface area (Å²) in [4.78, 5) is 13.8. The highest BCUT2D eigenvalue weighted by Gasteiger charge is 2.33. The van der Waals surface area contributed by atoms with Gasteiger partial charge in [0.1, 0.15) is 17.9 Å². The summed E-state index contributed by atoms with van der Waals surface area (Å²) in [6, 6.07) is 42.1. The van der Waals surface area contributed by atoms with Crippen LogP contribution in [0.5, 0.6) is 11.5 Å². The van der Waals surface area contributed by atoms with E-state index in [4.69, 9.17) is 22.7 Å². The molecule has 6 aromatic rings. The molecule has 0 aliphatic heterocycles. The fourth-order valence-electron chi connectivity index (χ4n) is 4.50. The number of hydrogen-bond acceptors (Lipinski definition) is 7. The second-order valence-corrected chi connectivity index (χ2v) is 11.5. The Balaban J connectivity index is 1.34. The predicted molar refractivity (Wildman–Crippen MR) is 169 cm³/mol. The molecule has 0 N–H and O–H groups in total. The zero-order valence-electron chi connectivity index (χ0n) is 23.7. The number of rotatable bonds is 12. The van der Waals surface area contributed by atoms with Crippen LogP contribution >= 0.6 is 7.82 Å². The van der Waals surface area contributed by atoms with E-state index in [0.29, 0.717) is 23.5 Å². The quantitative estimate of drug-likeness (QED) is 0.129. The lowest BCUT2D eigenvalue weighted by atomic mass is 10.1. The Morgan fingerprint density at radius 3 is 1.64 bits per heavy atom. The van der Waals surface area contributed by atoms with E-state index >= 15 is 0 Å². The topological polar surface area (TPSA) is 84.2 Å². The molecule has 0 atom stereocenters. The van der Waals surface area contributed by atoms with Crippen LogP contribution < -0.4 is 14.7 Å². The summed E-state index contributed by atoms with van der Waals surface area (Å²) in [6.07, 6.45) is 0. The van der Waals surface area contributed by atoms with Crippen LogP contribution in [0.4, 0.5) is 0 Å². The Morgan fingerprint density at radius 1 is 0.568 bits per heavy atom. The fourth-order valence-corrected chi connectivity index (χ4v) is 5.68. The van der Waals surface area contributed by atoms with Gasteiger partial charge in [-0.3, -0.25) is 13.8 Å². The number of ether oxygens (including phenoxy) is 1. The van der Waals surface area contributed by atoms with Crippen molar-refractivity contribution in [1.29, 1.82) is 0 Å². The Hall–Kier alpha value is -4.94. The number of para-hydroxylation sites is 1. The number of benzene rings is 5.